The molecule has 0 aliphatic carbocycles. The highest BCUT2D eigenvalue weighted by atomic mass is 16.2. The zero-order chi connectivity index (χ0) is 29.5. The number of benzene rings is 3. The lowest BCUT2D eigenvalue weighted by atomic mass is 9.95. The zero-order valence-corrected chi connectivity index (χ0v) is 24.9. The van der Waals surface area contributed by atoms with Gasteiger partial charge in [-0.15, -0.1) is 0 Å². The molecule has 7 nitrogen and oxygen atoms in total. The molecule has 0 radical (unpaired) electrons. The first-order valence-corrected chi connectivity index (χ1v) is 15.3. The van der Waals surface area contributed by atoms with Crippen LogP contribution >= 0.6 is 0 Å². The number of aryl methyl sites for hydroxylation is 1. The molecule has 2 aliphatic rings. The normalized spacial score (nSPS) is 16.5. The topological polar surface area (TPSA) is 73.0 Å². The van der Waals surface area contributed by atoms with Gasteiger partial charge in [-0.25, -0.2) is 0 Å². The van der Waals surface area contributed by atoms with Crippen molar-refractivity contribution < 1.29 is 14.4 Å². The second-order valence-corrected chi connectivity index (χ2v) is 11.4. The van der Waals surface area contributed by atoms with Crippen molar-refractivity contribution in [3.63, 3.8) is 0 Å². The zero-order valence-electron chi connectivity index (χ0n) is 24.9. The molecular weight excluding hydrogens is 524 g/mol. The summed E-state index contributed by atoms with van der Waals surface area (Å²) < 4.78 is 0. The standard InChI is InChI=1S/C35H42N4O3/c1-3-30(27-11-6-4-7-12-27)34(41)39-22-10-21-37(23-24-39)32-18-17-29(36-33(40)28-15-13-26(2)14-16-28)25-31(32)35(42)38-19-8-5-9-20-38/h4,6-7,11-18,25,30H,3,5,8-10,19-24H2,1-2H3,(H,36,40). The number of hydrogen-bond donors (Lipinski definition) is 1. The third kappa shape index (κ3) is 6.84. The molecule has 0 aromatic heterocycles. The van der Waals surface area contributed by atoms with Crippen molar-refractivity contribution in [2.24, 2.45) is 0 Å². The van der Waals surface area contributed by atoms with Gasteiger partial charge in [-0.3, -0.25) is 14.4 Å². The Labute approximate surface area is 249 Å². The van der Waals surface area contributed by atoms with E-state index in [0.717, 1.165) is 68.6 Å². The van der Waals surface area contributed by atoms with Crippen molar-refractivity contribution in [1.29, 1.82) is 0 Å². The highest BCUT2D eigenvalue weighted by molar-refractivity contribution is 6.06. The highest BCUT2D eigenvalue weighted by Gasteiger charge is 2.29. The lowest BCUT2D eigenvalue weighted by Crippen LogP contribution is -2.39. The summed E-state index contributed by atoms with van der Waals surface area (Å²) in [5.74, 6) is -0.176. The van der Waals surface area contributed by atoms with E-state index < -0.39 is 0 Å². The van der Waals surface area contributed by atoms with Crippen LogP contribution in [0, 0.1) is 6.92 Å². The summed E-state index contributed by atoms with van der Waals surface area (Å²) in [6, 6.07) is 23.1. The van der Waals surface area contributed by atoms with Crippen LogP contribution in [0.3, 0.4) is 0 Å². The Bertz CT molecular complexity index is 1380. The largest absolute Gasteiger partial charge is 0.369 e. The Morgan fingerprint density at radius 3 is 2.19 bits per heavy atom. The number of carbonyl (C=O) groups is 3. The fraction of sp³-hybridized carbons (Fsp3) is 0.400. The van der Waals surface area contributed by atoms with Crippen LogP contribution in [-0.2, 0) is 4.79 Å². The number of carbonyl (C=O) groups excluding carboxylic acids is 3. The van der Waals surface area contributed by atoms with Gasteiger partial charge in [0.05, 0.1) is 11.5 Å². The van der Waals surface area contributed by atoms with E-state index in [1.54, 1.807) is 0 Å². The van der Waals surface area contributed by atoms with Gasteiger partial charge in [-0.1, -0.05) is 55.0 Å². The van der Waals surface area contributed by atoms with Crippen molar-refractivity contribution in [3.05, 3.63) is 95.1 Å². The van der Waals surface area contributed by atoms with E-state index in [4.69, 9.17) is 0 Å². The molecule has 0 spiro atoms. The molecule has 5 rings (SSSR count). The van der Waals surface area contributed by atoms with E-state index in [1.165, 1.54) is 0 Å². The molecule has 42 heavy (non-hydrogen) atoms. The molecule has 3 aromatic rings. The van der Waals surface area contributed by atoms with Gasteiger partial charge < -0.3 is 20.0 Å². The molecule has 2 fully saturated rings. The molecule has 1 unspecified atom stereocenters. The van der Waals surface area contributed by atoms with Gasteiger partial charge in [-0.05, 0) is 74.9 Å². The Balaban J connectivity index is 1.36. The number of hydrogen-bond acceptors (Lipinski definition) is 4. The van der Waals surface area contributed by atoms with Crippen LogP contribution in [0.5, 0.6) is 0 Å². The predicted octanol–water partition coefficient (Wildman–Crippen LogP) is 6.11. The van der Waals surface area contributed by atoms with Gasteiger partial charge >= 0.3 is 0 Å². The van der Waals surface area contributed by atoms with Crippen LogP contribution < -0.4 is 10.2 Å². The molecule has 3 aromatic carbocycles. The quantitative estimate of drug-likeness (QED) is 0.375. The van der Waals surface area contributed by atoms with E-state index in [9.17, 15) is 14.4 Å². The SMILES string of the molecule is CCC(C(=O)N1CCCN(c2ccc(NC(=O)c3ccc(C)cc3)cc2C(=O)N2CCCCC2)CC1)c1ccccc1. The molecule has 2 heterocycles. The van der Waals surface area contributed by atoms with Crippen LogP contribution in [0.25, 0.3) is 0 Å². The van der Waals surface area contributed by atoms with Crippen LogP contribution in [0.2, 0.25) is 0 Å². The van der Waals surface area contributed by atoms with Gasteiger partial charge in [-0.2, -0.15) is 0 Å². The number of amides is 3. The second-order valence-electron chi connectivity index (χ2n) is 11.4. The fourth-order valence-corrected chi connectivity index (χ4v) is 6.07. The minimum atomic E-state index is -0.202. The average molecular weight is 567 g/mol. The Hall–Kier alpha value is -4.13. The predicted molar refractivity (Wildman–Crippen MR) is 168 cm³/mol. The third-order valence-corrected chi connectivity index (χ3v) is 8.50. The number of nitrogens with one attached hydrogen (secondary N) is 1. The molecule has 1 N–H and O–H groups in total. The summed E-state index contributed by atoms with van der Waals surface area (Å²) in [7, 11) is 0. The summed E-state index contributed by atoms with van der Waals surface area (Å²) in [6.07, 6.45) is 4.73. The fourth-order valence-electron chi connectivity index (χ4n) is 6.07. The van der Waals surface area contributed by atoms with Gasteiger partial charge in [0.25, 0.3) is 11.8 Å². The number of rotatable bonds is 7. The summed E-state index contributed by atoms with van der Waals surface area (Å²) in [5.41, 5.74) is 4.80. The smallest absolute Gasteiger partial charge is 0.256 e. The second kappa shape index (κ2) is 13.7. The minimum Gasteiger partial charge on any atom is -0.369 e. The third-order valence-electron chi connectivity index (χ3n) is 8.50. The molecule has 7 heteroatoms. The summed E-state index contributed by atoms with van der Waals surface area (Å²) >= 11 is 0. The summed E-state index contributed by atoms with van der Waals surface area (Å²) in [4.78, 5) is 46.6. The first kappa shape index (κ1) is 29.4. The van der Waals surface area contributed by atoms with E-state index in [-0.39, 0.29) is 23.6 Å². The van der Waals surface area contributed by atoms with Crippen molar-refractivity contribution >= 4 is 29.1 Å². The summed E-state index contributed by atoms with van der Waals surface area (Å²) in [6.45, 7) is 8.24. The minimum absolute atomic E-state index is 0.00318. The number of piperidine rings is 1. The number of nitrogens with zero attached hydrogens (tertiary/aromatic N) is 3. The molecule has 1 atom stereocenters. The number of anilines is 2. The van der Waals surface area contributed by atoms with E-state index in [2.05, 4.69) is 17.1 Å². The number of likely N-dealkylation sites (tertiary alicyclic amines) is 1. The van der Waals surface area contributed by atoms with Crippen LogP contribution in [0.15, 0.2) is 72.8 Å². The Morgan fingerprint density at radius 1 is 0.762 bits per heavy atom. The van der Waals surface area contributed by atoms with Crippen LogP contribution in [0.4, 0.5) is 11.4 Å². The van der Waals surface area contributed by atoms with Gasteiger partial charge in [0.1, 0.15) is 0 Å². The van der Waals surface area contributed by atoms with Gasteiger partial charge in [0.2, 0.25) is 5.91 Å². The first-order chi connectivity index (χ1) is 20.4. The summed E-state index contributed by atoms with van der Waals surface area (Å²) in [5, 5.41) is 2.99. The average Bonchev–Trinajstić information content (AvgIpc) is 3.29. The van der Waals surface area contributed by atoms with Crippen LogP contribution in [-0.4, -0.2) is 66.8 Å². The maximum atomic E-state index is 13.9. The monoisotopic (exact) mass is 566 g/mol. The van der Waals surface area contributed by atoms with Crippen molar-refractivity contribution in [1.82, 2.24) is 9.80 Å². The maximum Gasteiger partial charge on any atom is 0.256 e. The molecule has 2 saturated heterocycles. The Kier molecular flexibility index (Phi) is 9.57. The van der Waals surface area contributed by atoms with E-state index in [0.29, 0.717) is 36.4 Å². The Morgan fingerprint density at radius 2 is 1.48 bits per heavy atom. The van der Waals surface area contributed by atoms with E-state index in [1.807, 2.05) is 89.5 Å². The molecule has 3 amide bonds. The lowest BCUT2D eigenvalue weighted by molar-refractivity contribution is -0.132. The van der Waals surface area contributed by atoms with Crippen molar-refractivity contribution in [3.8, 4) is 0 Å². The van der Waals surface area contributed by atoms with E-state index >= 15 is 0 Å². The molecule has 0 saturated carbocycles. The molecular formula is C35H42N4O3. The van der Waals surface area contributed by atoms with Gasteiger partial charge in [0.15, 0.2) is 0 Å². The lowest BCUT2D eigenvalue weighted by Gasteiger charge is -2.31. The van der Waals surface area contributed by atoms with Crippen molar-refractivity contribution in [2.45, 2.75) is 51.9 Å². The highest BCUT2D eigenvalue weighted by Crippen LogP contribution is 2.29. The van der Waals surface area contributed by atoms with Crippen molar-refractivity contribution in [2.75, 3.05) is 49.5 Å². The molecule has 0 bridgehead atoms. The molecule has 220 valence electrons. The molecule has 2 aliphatic heterocycles. The van der Waals surface area contributed by atoms with Gasteiger partial charge in [0, 0.05) is 56.2 Å². The maximum absolute atomic E-state index is 13.9. The first-order valence-electron chi connectivity index (χ1n) is 15.3. The van der Waals surface area contributed by atoms with Crippen LogP contribution in [0.1, 0.15) is 76.8 Å².